The molecule has 1 aliphatic heterocycles. The molecule has 41 heavy (non-hydrogen) atoms. The van der Waals surface area contributed by atoms with Crippen LogP contribution in [0.1, 0.15) is 42.9 Å². The number of benzene rings is 2. The van der Waals surface area contributed by atoms with Gasteiger partial charge in [-0.05, 0) is 49.6 Å². The van der Waals surface area contributed by atoms with Gasteiger partial charge in [0.05, 0.1) is 44.8 Å². The monoisotopic (exact) mass is 568 g/mol. The van der Waals surface area contributed by atoms with Gasteiger partial charge in [-0.25, -0.2) is 0 Å². The van der Waals surface area contributed by atoms with E-state index in [0.717, 1.165) is 5.56 Å². The van der Waals surface area contributed by atoms with Crippen LogP contribution in [0.4, 0.5) is 0 Å². The summed E-state index contributed by atoms with van der Waals surface area (Å²) in [6.07, 6.45) is 0.269. The molecular weight excluding hydrogens is 528 g/mol. The summed E-state index contributed by atoms with van der Waals surface area (Å²) in [5.41, 5.74) is 2.32. The van der Waals surface area contributed by atoms with Crippen LogP contribution in [0, 0.1) is 0 Å². The quantitative estimate of drug-likeness (QED) is 0.268. The normalized spacial score (nSPS) is 21.0. The first-order chi connectivity index (χ1) is 19.8. The second-order valence-corrected chi connectivity index (χ2v) is 10.5. The summed E-state index contributed by atoms with van der Waals surface area (Å²) in [5, 5.41) is 33.6. The number of aliphatic hydroxyl groups is 3. The van der Waals surface area contributed by atoms with Crippen molar-refractivity contribution in [2.24, 2.45) is 0 Å². The Kier molecular flexibility index (Phi) is 10.4. The largest absolute Gasteiger partial charge is 0.493 e. The molecule has 10 nitrogen and oxygen atoms in total. The number of carbonyl (C=O) groups is 2. The summed E-state index contributed by atoms with van der Waals surface area (Å²) in [5.74, 6) is -0.555. The molecule has 222 valence electrons. The van der Waals surface area contributed by atoms with Crippen molar-refractivity contribution in [1.29, 1.82) is 0 Å². The molecule has 10 heteroatoms. The van der Waals surface area contributed by atoms with Crippen molar-refractivity contribution in [1.82, 2.24) is 10.2 Å². The number of nitrogens with zero attached hydrogens (tertiary/aromatic N) is 1. The minimum atomic E-state index is -1.17. The SMILES string of the molecule is COc1cc(CO)cc2c1O[C@@H]1[C@@H](O)[C@H](N(CCCOC(C)C)C(=O)Cc3ccccc3)C=C(C(=O)NCCO)[C@H]21. The van der Waals surface area contributed by atoms with Crippen molar-refractivity contribution >= 4 is 11.8 Å². The average Bonchev–Trinajstić information content (AvgIpc) is 3.36. The van der Waals surface area contributed by atoms with Crippen LogP contribution in [0.5, 0.6) is 11.5 Å². The second kappa shape index (κ2) is 14.0. The molecule has 4 N–H and O–H groups in total. The molecule has 2 amide bonds. The molecule has 0 saturated heterocycles. The van der Waals surface area contributed by atoms with Gasteiger partial charge < -0.3 is 39.7 Å². The molecule has 2 aromatic carbocycles. The van der Waals surface area contributed by atoms with Crippen LogP contribution in [0.15, 0.2) is 54.1 Å². The summed E-state index contributed by atoms with van der Waals surface area (Å²) in [7, 11) is 1.48. The van der Waals surface area contributed by atoms with E-state index in [1.807, 2.05) is 44.2 Å². The predicted octanol–water partition coefficient (Wildman–Crippen LogP) is 1.70. The molecule has 2 aliphatic rings. The molecule has 4 atom stereocenters. The van der Waals surface area contributed by atoms with Crippen LogP contribution < -0.4 is 14.8 Å². The molecule has 0 unspecified atom stereocenters. The first-order valence-electron chi connectivity index (χ1n) is 14.0. The maximum absolute atomic E-state index is 13.8. The minimum absolute atomic E-state index is 0.0374. The van der Waals surface area contributed by atoms with E-state index in [1.54, 1.807) is 23.1 Å². The number of hydrogen-bond donors (Lipinski definition) is 4. The van der Waals surface area contributed by atoms with Gasteiger partial charge in [0.15, 0.2) is 11.5 Å². The fourth-order valence-electron chi connectivity index (χ4n) is 5.48. The molecule has 0 radical (unpaired) electrons. The van der Waals surface area contributed by atoms with E-state index in [2.05, 4.69) is 5.32 Å². The van der Waals surface area contributed by atoms with Crippen LogP contribution in [0.25, 0.3) is 0 Å². The van der Waals surface area contributed by atoms with E-state index >= 15 is 0 Å². The van der Waals surface area contributed by atoms with Crippen molar-refractivity contribution in [2.45, 2.75) is 63.6 Å². The maximum atomic E-state index is 13.8. The lowest BCUT2D eigenvalue weighted by atomic mass is 9.77. The number of nitrogens with one attached hydrogen (secondary N) is 1. The van der Waals surface area contributed by atoms with E-state index in [0.29, 0.717) is 47.8 Å². The second-order valence-electron chi connectivity index (χ2n) is 10.5. The summed E-state index contributed by atoms with van der Waals surface area (Å²) in [4.78, 5) is 28.8. The van der Waals surface area contributed by atoms with Gasteiger partial charge in [-0.3, -0.25) is 9.59 Å². The van der Waals surface area contributed by atoms with Gasteiger partial charge in [-0.2, -0.15) is 0 Å². The Balaban J connectivity index is 1.74. The van der Waals surface area contributed by atoms with Gasteiger partial charge in [-0.15, -0.1) is 0 Å². The summed E-state index contributed by atoms with van der Waals surface area (Å²) < 4.78 is 17.5. The fraction of sp³-hybridized carbons (Fsp3) is 0.484. The first kappa shape index (κ1) is 30.5. The predicted molar refractivity (Wildman–Crippen MR) is 152 cm³/mol. The first-order valence-corrected chi connectivity index (χ1v) is 14.0. The zero-order valence-electron chi connectivity index (χ0n) is 23.8. The summed E-state index contributed by atoms with van der Waals surface area (Å²) in [6.45, 7) is 4.15. The molecule has 0 saturated carbocycles. The Morgan fingerprint density at radius 3 is 2.54 bits per heavy atom. The number of aliphatic hydroxyl groups excluding tert-OH is 3. The summed E-state index contributed by atoms with van der Waals surface area (Å²) >= 11 is 0. The Hall–Kier alpha value is -3.44. The van der Waals surface area contributed by atoms with Crippen molar-refractivity contribution in [2.75, 3.05) is 33.4 Å². The molecule has 0 fully saturated rings. The third-order valence-electron chi connectivity index (χ3n) is 7.37. The van der Waals surface area contributed by atoms with Gasteiger partial charge in [0.2, 0.25) is 11.8 Å². The van der Waals surface area contributed by atoms with Crippen molar-refractivity contribution < 1.29 is 39.1 Å². The number of amides is 2. The molecule has 4 rings (SSSR count). The van der Waals surface area contributed by atoms with Gasteiger partial charge in [0.1, 0.15) is 12.2 Å². The zero-order valence-corrected chi connectivity index (χ0v) is 23.8. The molecule has 0 bridgehead atoms. The Labute approximate surface area is 240 Å². The molecule has 1 aliphatic carbocycles. The van der Waals surface area contributed by atoms with Crippen LogP contribution in [-0.4, -0.2) is 89.8 Å². The topological polar surface area (TPSA) is 138 Å². The Morgan fingerprint density at radius 1 is 1.12 bits per heavy atom. The molecule has 1 heterocycles. The lowest BCUT2D eigenvalue weighted by Crippen LogP contribution is -2.56. The molecule has 0 spiro atoms. The zero-order chi connectivity index (χ0) is 29.5. The van der Waals surface area contributed by atoms with Crippen LogP contribution >= 0.6 is 0 Å². The van der Waals surface area contributed by atoms with E-state index in [9.17, 15) is 24.9 Å². The number of fused-ring (bicyclic) bond motifs is 3. The molecule has 2 aromatic rings. The molecule has 0 aromatic heterocycles. The third-order valence-corrected chi connectivity index (χ3v) is 7.37. The lowest BCUT2D eigenvalue weighted by molar-refractivity contribution is -0.136. The number of rotatable bonds is 13. The van der Waals surface area contributed by atoms with Gasteiger partial charge in [0, 0.05) is 30.8 Å². The minimum Gasteiger partial charge on any atom is -0.493 e. The van der Waals surface area contributed by atoms with Gasteiger partial charge in [-0.1, -0.05) is 30.3 Å². The maximum Gasteiger partial charge on any atom is 0.247 e. The Bertz CT molecular complexity index is 1230. The van der Waals surface area contributed by atoms with Gasteiger partial charge >= 0.3 is 0 Å². The van der Waals surface area contributed by atoms with E-state index < -0.39 is 30.1 Å². The van der Waals surface area contributed by atoms with Crippen LogP contribution in [-0.2, 0) is 27.4 Å². The van der Waals surface area contributed by atoms with Crippen molar-refractivity contribution in [3.8, 4) is 11.5 Å². The van der Waals surface area contributed by atoms with E-state index in [1.165, 1.54) is 7.11 Å². The van der Waals surface area contributed by atoms with E-state index in [4.69, 9.17) is 14.2 Å². The van der Waals surface area contributed by atoms with Crippen LogP contribution in [0.3, 0.4) is 0 Å². The Morgan fingerprint density at radius 2 is 1.88 bits per heavy atom. The fourth-order valence-corrected chi connectivity index (χ4v) is 5.48. The highest BCUT2D eigenvalue weighted by atomic mass is 16.5. The van der Waals surface area contributed by atoms with Crippen LogP contribution in [0.2, 0.25) is 0 Å². The van der Waals surface area contributed by atoms with Gasteiger partial charge in [0.25, 0.3) is 0 Å². The van der Waals surface area contributed by atoms with Crippen molar-refractivity contribution in [3.63, 3.8) is 0 Å². The highest BCUT2D eigenvalue weighted by molar-refractivity contribution is 5.96. The third kappa shape index (κ3) is 6.90. The highest BCUT2D eigenvalue weighted by Gasteiger charge is 2.51. The number of carbonyl (C=O) groups excluding carboxylic acids is 2. The molecular formula is C31H40N2O8. The van der Waals surface area contributed by atoms with E-state index in [-0.39, 0.29) is 38.2 Å². The smallest absolute Gasteiger partial charge is 0.247 e. The highest BCUT2D eigenvalue weighted by Crippen LogP contribution is 2.51. The standard InChI is InChI=1S/C31H40N2O8/c1-19(2)40-13-7-11-33(26(36)16-20-8-5-4-6-9-20)24-17-23(31(38)32-10-12-34)27-22-14-21(18-35)15-25(39-3)29(22)41-30(27)28(24)37/h4-6,8-9,14-15,17,19,24,27-28,30,34-35,37H,7,10-13,16,18H2,1-3H3,(H,32,38)/t24-,27+,28+,30+/m1/s1. The lowest BCUT2D eigenvalue weighted by Gasteiger charge is -2.41. The average molecular weight is 569 g/mol. The van der Waals surface area contributed by atoms with Crippen molar-refractivity contribution in [3.05, 3.63) is 70.8 Å². The summed E-state index contributed by atoms with van der Waals surface area (Å²) in [6, 6.07) is 11.9. The number of ether oxygens (including phenoxy) is 3. The number of methoxy groups -OCH3 is 1. The number of hydrogen-bond acceptors (Lipinski definition) is 8.